The van der Waals surface area contributed by atoms with Crippen LogP contribution in [0.5, 0.6) is 0 Å². The summed E-state index contributed by atoms with van der Waals surface area (Å²) in [6, 6.07) is 11.2. The van der Waals surface area contributed by atoms with Crippen LogP contribution < -0.4 is 5.73 Å². The molecule has 3 atom stereocenters. The fraction of sp³-hybridized carbons (Fsp3) is 0.571. The molecule has 1 saturated carbocycles. The normalized spacial score (nSPS) is 30.7. The summed E-state index contributed by atoms with van der Waals surface area (Å²) in [5, 5.41) is 0. The molecule has 82 valence electrons. The van der Waals surface area contributed by atoms with E-state index < -0.39 is 0 Å². The molecule has 1 aromatic rings. The predicted octanol–water partition coefficient (Wildman–Crippen LogP) is 2.99. The molecule has 1 heteroatoms. The highest BCUT2D eigenvalue weighted by atomic mass is 14.7. The van der Waals surface area contributed by atoms with Crippen molar-refractivity contribution in [2.24, 2.45) is 17.6 Å². The van der Waals surface area contributed by atoms with E-state index in [1.807, 2.05) is 0 Å². The molecular weight excluding hydrogens is 182 g/mol. The Labute approximate surface area is 92.7 Å². The lowest BCUT2D eigenvalue weighted by Crippen LogP contribution is -2.21. The third-order valence-corrected chi connectivity index (χ3v) is 3.73. The van der Waals surface area contributed by atoms with Crippen LogP contribution in [0.15, 0.2) is 30.3 Å². The average molecular weight is 203 g/mol. The average Bonchev–Trinajstić information content (AvgIpc) is 2.57. The number of rotatable bonds is 3. The van der Waals surface area contributed by atoms with Crippen molar-refractivity contribution < 1.29 is 0 Å². The Morgan fingerprint density at radius 1 is 1.20 bits per heavy atom. The van der Waals surface area contributed by atoms with Gasteiger partial charge in [-0.25, -0.2) is 0 Å². The summed E-state index contributed by atoms with van der Waals surface area (Å²) in [4.78, 5) is 0. The second kappa shape index (κ2) is 4.80. The molecule has 0 radical (unpaired) electrons. The van der Waals surface area contributed by atoms with Crippen molar-refractivity contribution in [3.63, 3.8) is 0 Å². The highest BCUT2D eigenvalue weighted by Crippen LogP contribution is 2.32. The molecule has 0 aromatic heterocycles. The molecule has 2 N–H and O–H groups in total. The number of benzene rings is 1. The predicted molar refractivity (Wildman–Crippen MR) is 64.6 cm³/mol. The van der Waals surface area contributed by atoms with Gasteiger partial charge in [-0.3, -0.25) is 0 Å². The Morgan fingerprint density at radius 3 is 2.53 bits per heavy atom. The molecule has 1 aromatic carbocycles. The highest BCUT2D eigenvalue weighted by Gasteiger charge is 2.27. The van der Waals surface area contributed by atoms with E-state index in [9.17, 15) is 0 Å². The zero-order valence-corrected chi connectivity index (χ0v) is 9.52. The first kappa shape index (κ1) is 10.7. The van der Waals surface area contributed by atoms with E-state index in [1.165, 1.54) is 31.2 Å². The standard InChI is InChI=1S/C14H21N/c1-11-9-13(10-14(11)15)8-7-12-5-3-2-4-6-12/h2-6,11,13-14H,7-10,15H2,1H3/t11-,13-,14-/m1/s1. The molecule has 15 heavy (non-hydrogen) atoms. The molecule has 0 unspecified atom stereocenters. The maximum atomic E-state index is 6.04. The van der Waals surface area contributed by atoms with Gasteiger partial charge in [-0.1, -0.05) is 37.3 Å². The fourth-order valence-corrected chi connectivity index (χ4v) is 2.67. The van der Waals surface area contributed by atoms with Crippen LogP contribution >= 0.6 is 0 Å². The van der Waals surface area contributed by atoms with Gasteiger partial charge in [-0.2, -0.15) is 0 Å². The van der Waals surface area contributed by atoms with Gasteiger partial charge in [-0.15, -0.1) is 0 Å². The van der Waals surface area contributed by atoms with Crippen molar-refractivity contribution in [3.8, 4) is 0 Å². The van der Waals surface area contributed by atoms with Crippen LogP contribution in [0, 0.1) is 11.8 Å². The van der Waals surface area contributed by atoms with Crippen molar-refractivity contribution in [2.45, 2.75) is 38.6 Å². The van der Waals surface area contributed by atoms with E-state index in [4.69, 9.17) is 5.73 Å². The lowest BCUT2D eigenvalue weighted by atomic mass is 9.97. The molecule has 1 nitrogen and oxygen atoms in total. The summed E-state index contributed by atoms with van der Waals surface area (Å²) < 4.78 is 0. The second-order valence-corrected chi connectivity index (χ2v) is 5.00. The van der Waals surface area contributed by atoms with Gasteiger partial charge in [0.1, 0.15) is 0 Å². The minimum atomic E-state index is 0.450. The van der Waals surface area contributed by atoms with Crippen molar-refractivity contribution in [1.29, 1.82) is 0 Å². The zero-order chi connectivity index (χ0) is 10.7. The van der Waals surface area contributed by atoms with E-state index in [-0.39, 0.29) is 0 Å². The summed E-state index contributed by atoms with van der Waals surface area (Å²) in [6.45, 7) is 2.28. The van der Waals surface area contributed by atoms with Gasteiger partial charge in [0, 0.05) is 6.04 Å². The van der Waals surface area contributed by atoms with Crippen LogP contribution in [0.2, 0.25) is 0 Å². The van der Waals surface area contributed by atoms with Gasteiger partial charge < -0.3 is 5.73 Å². The first-order valence-corrected chi connectivity index (χ1v) is 6.05. The fourth-order valence-electron chi connectivity index (χ4n) is 2.67. The highest BCUT2D eigenvalue weighted by molar-refractivity contribution is 5.14. The van der Waals surface area contributed by atoms with Crippen LogP contribution in [0.3, 0.4) is 0 Å². The van der Waals surface area contributed by atoms with E-state index in [2.05, 4.69) is 37.3 Å². The third kappa shape index (κ3) is 2.82. The number of nitrogens with two attached hydrogens (primary N) is 1. The smallest absolute Gasteiger partial charge is 0.00672 e. The van der Waals surface area contributed by atoms with Crippen LogP contribution in [0.25, 0.3) is 0 Å². The monoisotopic (exact) mass is 203 g/mol. The molecule has 0 spiro atoms. The number of aryl methyl sites for hydroxylation is 1. The third-order valence-electron chi connectivity index (χ3n) is 3.73. The van der Waals surface area contributed by atoms with Gasteiger partial charge in [0.05, 0.1) is 0 Å². The molecule has 1 aliphatic rings. The van der Waals surface area contributed by atoms with Crippen molar-refractivity contribution in [1.82, 2.24) is 0 Å². The number of hydrogen-bond acceptors (Lipinski definition) is 1. The Hall–Kier alpha value is -0.820. The van der Waals surface area contributed by atoms with Gasteiger partial charge >= 0.3 is 0 Å². The Bertz CT molecular complexity index is 283. The van der Waals surface area contributed by atoms with Crippen LogP contribution in [0.1, 0.15) is 31.7 Å². The molecule has 1 fully saturated rings. The van der Waals surface area contributed by atoms with Crippen molar-refractivity contribution in [3.05, 3.63) is 35.9 Å². The summed E-state index contributed by atoms with van der Waals surface area (Å²) in [5.74, 6) is 1.58. The minimum absolute atomic E-state index is 0.450. The lowest BCUT2D eigenvalue weighted by Gasteiger charge is -2.08. The van der Waals surface area contributed by atoms with Gasteiger partial charge in [-0.05, 0) is 43.1 Å². The summed E-state index contributed by atoms with van der Waals surface area (Å²) >= 11 is 0. The number of hydrogen-bond donors (Lipinski definition) is 1. The molecule has 0 saturated heterocycles. The first-order chi connectivity index (χ1) is 7.25. The largest absolute Gasteiger partial charge is 0.327 e. The summed E-state index contributed by atoms with van der Waals surface area (Å²) in [5.41, 5.74) is 7.50. The van der Waals surface area contributed by atoms with Gasteiger partial charge in [0.2, 0.25) is 0 Å². The topological polar surface area (TPSA) is 26.0 Å². The quantitative estimate of drug-likeness (QED) is 0.803. The molecule has 0 amide bonds. The summed E-state index contributed by atoms with van der Waals surface area (Å²) in [6.07, 6.45) is 5.08. The van der Waals surface area contributed by atoms with Crippen LogP contribution in [0.4, 0.5) is 0 Å². The molecular formula is C14H21N. The maximum absolute atomic E-state index is 6.04. The lowest BCUT2D eigenvalue weighted by molar-refractivity contribution is 0.480. The molecule has 0 bridgehead atoms. The zero-order valence-electron chi connectivity index (χ0n) is 9.52. The molecule has 0 aliphatic heterocycles. The van der Waals surface area contributed by atoms with Crippen molar-refractivity contribution >= 4 is 0 Å². The minimum Gasteiger partial charge on any atom is -0.327 e. The van der Waals surface area contributed by atoms with E-state index in [1.54, 1.807) is 0 Å². The van der Waals surface area contributed by atoms with E-state index in [0.29, 0.717) is 6.04 Å². The molecule has 1 aliphatic carbocycles. The first-order valence-electron chi connectivity index (χ1n) is 6.05. The summed E-state index contributed by atoms with van der Waals surface area (Å²) in [7, 11) is 0. The van der Waals surface area contributed by atoms with Crippen LogP contribution in [-0.2, 0) is 6.42 Å². The maximum Gasteiger partial charge on any atom is 0.00672 e. The van der Waals surface area contributed by atoms with E-state index in [0.717, 1.165) is 11.8 Å². The van der Waals surface area contributed by atoms with Gasteiger partial charge in [0.25, 0.3) is 0 Å². The molecule has 0 heterocycles. The molecule has 2 rings (SSSR count). The SMILES string of the molecule is C[C@@H]1C[C@@H](CCc2ccccc2)C[C@H]1N. The van der Waals surface area contributed by atoms with Crippen molar-refractivity contribution in [2.75, 3.05) is 0 Å². The second-order valence-electron chi connectivity index (χ2n) is 5.00. The Kier molecular flexibility index (Phi) is 3.42. The van der Waals surface area contributed by atoms with E-state index >= 15 is 0 Å². The van der Waals surface area contributed by atoms with Crippen LogP contribution in [-0.4, -0.2) is 6.04 Å². The Morgan fingerprint density at radius 2 is 1.93 bits per heavy atom. The Balaban J connectivity index is 1.80. The van der Waals surface area contributed by atoms with Gasteiger partial charge in [0.15, 0.2) is 0 Å².